The third-order valence-electron chi connectivity index (χ3n) is 3.90. The lowest BCUT2D eigenvalue weighted by Crippen LogP contribution is -2.44. The number of guanidine groups is 1. The van der Waals surface area contributed by atoms with Gasteiger partial charge in [-0.15, -0.1) is 0 Å². The van der Waals surface area contributed by atoms with E-state index in [1.807, 2.05) is 0 Å². The highest BCUT2D eigenvalue weighted by molar-refractivity contribution is 5.98. The minimum Gasteiger partial charge on any atom is -0.363 e. The van der Waals surface area contributed by atoms with Crippen LogP contribution in [0, 0.1) is 0 Å². The van der Waals surface area contributed by atoms with E-state index in [2.05, 4.69) is 71.1 Å². The molecule has 4 nitrogen and oxygen atoms in total. The third kappa shape index (κ3) is 3.38. The van der Waals surface area contributed by atoms with Crippen LogP contribution in [0.15, 0.2) is 40.3 Å². The van der Waals surface area contributed by atoms with Gasteiger partial charge in [-0.2, -0.15) is 0 Å². The first-order chi connectivity index (χ1) is 9.61. The molecule has 0 aliphatic carbocycles. The molecule has 0 bridgehead atoms. The molecule has 0 N–H and O–H groups in total. The van der Waals surface area contributed by atoms with Crippen LogP contribution < -0.4 is 0 Å². The smallest absolute Gasteiger partial charge is 0.222 e. The van der Waals surface area contributed by atoms with Gasteiger partial charge in [0.1, 0.15) is 5.84 Å². The van der Waals surface area contributed by atoms with Crippen molar-refractivity contribution in [2.75, 3.05) is 27.7 Å². The number of aliphatic imine (C=N–C) groups is 2. The van der Waals surface area contributed by atoms with Crippen LogP contribution in [0.1, 0.15) is 18.9 Å². The zero-order chi connectivity index (χ0) is 14.5. The van der Waals surface area contributed by atoms with E-state index in [9.17, 15) is 0 Å². The van der Waals surface area contributed by atoms with Crippen LogP contribution in [0.2, 0.25) is 0 Å². The molecular weight excluding hydrogens is 248 g/mol. The molecule has 1 atom stereocenters. The molecule has 0 saturated carbocycles. The van der Waals surface area contributed by atoms with Gasteiger partial charge in [0.05, 0.1) is 0 Å². The number of amidine groups is 1. The average Bonchev–Trinajstić information content (AvgIpc) is 2.48. The number of rotatable bonds is 3. The molecule has 0 aromatic heterocycles. The fourth-order valence-electron chi connectivity index (χ4n) is 2.36. The van der Waals surface area contributed by atoms with E-state index in [0.29, 0.717) is 6.04 Å². The summed E-state index contributed by atoms with van der Waals surface area (Å²) in [6, 6.07) is 11.0. The van der Waals surface area contributed by atoms with Gasteiger partial charge < -0.3 is 9.80 Å². The molecule has 1 aromatic carbocycles. The normalized spacial score (nSPS) is 21.0. The number of likely N-dealkylation sites (N-methyl/N-ethyl adjacent to an activating group) is 1. The highest BCUT2D eigenvalue weighted by Crippen LogP contribution is 2.14. The van der Waals surface area contributed by atoms with Crippen molar-refractivity contribution < 1.29 is 0 Å². The van der Waals surface area contributed by atoms with Gasteiger partial charge in [0.15, 0.2) is 0 Å². The zero-order valence-corrected chi connectivity index (χ0v) is 12.9. The van der Waals surface area contributed by atoms with E-state index in [1.165, 1.54) is 5.56 Å². The molecule has 0 fully saturated rings. The second-order valence-electron chi connectivity index (χ2n) is 5.37. The first kappa shape index (κ1) is 14.6. The fourth-order valence-corrected chi connectivity index (χ4v) is 2.36. The number of hydrogen-bond donors (Lipinski definition) is 0. The van der Waals surface area contributed by atoms with Crippen molar-refractivity contribution in [2.24, 2.45) is 9.98 Å². The quantitative estimate of drug-likeness (QED) is 0.845. The van der Waals surface area contributed by atoms with Crippen molar-refractivity contribution in [3.63, 3.8) is 0 Å². The lowest BCUT2D eigenvalue weighted by Gasteiger charge is -2.34. The molecule has 20 heavy (non-hydrogen) atoms. The van der Waals surface area contributed by atoms with Crippen LogP contribution in [0.3, 0.4) is 0 Å². The van der Waals surface area contributed by atoms with Gasteiger partial charge in [-0.3, -0.25) is 4.99 Å². The van der Waals surface area contributed by atoms with Gasteiger partial charge in [0, 0.05) is 40.2 Å². The largest absolute Gasteiger partial charge is 0.363 e. The van der Waals surface area contributed by atoms with Crippen LogP contribution in [0.5, 0.6) is 0 Å². The standard InChI is InChI=1S/C16H24N4/c1-13-12-15(18-16(17-2)20(13)4)19(3)11-10-14-8-6-5-7-9-14/h5-9,13H,10-12H2,1-4H3. The Kier molecular flexibility index (Phi) is 4.77. The Bertz CT molecular complexity index is 492. The highest BCUT2D eigenvalue weighted by Gasteiger charge is 2.23. The summed E-state index contributed by atoms with van der Waals surface area (Å²) >= 11 is 0. The van der Waals surface area contributed by atoms with Crippen LogP contribution >= 0.6 is 0 Å². The van der Waals surface area contributed by atoms with Gasteiger partial charge in [0.2, 0.25) is 5.96 Å². The molecule has 0 amide bonds. The fraction of sp³-hybridized carbons (Fsp3) is 0.500. The van der Waals surface area contributed by atoms with Crippen LogP contribution in [0.4, 0.5) is 0 Å². The van der Waals surface area contributed by atoms with Gasteiger partial charge in [-0.25, -0.2) is 4.99 Å². The van der Waals surface area contributed by atoms with Crippen molar-refractivity contribution >= 4 is 11.8 Å². The summed E-state index contributed by atoms with van der Waals surface area (Å²) in [6.07, 6.45) is 2.01. The number of benzene rings is 1. The summed E-state index contributed by atoms with van der Waals surface area (Å²) in [5.41, 5.74) is 1.37. The molecule has 4 heteroatoms. The predicted octanol–water partition coefficient (Wildman–Crippen LogP) is 2.27. The average molecular weight is 272 g/mol. The van der Waals surface area contributed by atoms with Crippen LogP contribution in [-0.2, 0) is 6.42 Å². The monoisotopic (exact) mass is 272 g/mol. The first-order valence-electron chi connectivity index (χ1n) is 7.14. The van der Waals surface area contributed by atoms with Gasteiger partial charge in [-0.05, 0) is 18.9 Å². The minimum absolute atomic E-state index is 0.445. The Hall–Kier alpha value is -1.84. The number of nitrogens with zero attached hydrogens (tertiary/aromatic N) is 4. The first-order valence-corrected chi connectivity index (χ1v) is 7.14. The Morgan fingerprint density at radius 1 is 1.35 bits per heavy atom. The van der Waals surface area contributed by atoms with E-state index in [-0.39, 0.29) is 0 Å². The molecule has 2 rings (SSSR count). The summed E-state index contributed by atoms with van der Waals surface area (Å²) in [5.74, 6) is 1.96. The summed E-state index contributed by atoms with van der Waals surface area (Å²) in [6.45, 7) is 3.20. The lowest BCUT2D eigenvalue weighted by molar-refractivity contribution is 0.366. The zero-order valence-electron chi connectivity index (χ0n) is 12.9. The van der Waals surface area contributed by atoms with Crippen LogP contribution in [0.25, 0.3) is 0 Å². The lowest BCUT2D eigenvalue weighted by atomic mass is 10.1. The van der Waals surface area contributed by atoms with E-state index in [1.54, 1.807) is 7.05 Å². The third-order valence-corrected chi connectivity index (χ3v) is 3.90. The van der Waals surface area contributed by atoms with Crippen molar-refractivity contribution in [3.8, 4) is 0 Å². The van der Waals surface area contributed by atoms with Crippen molar-refractivity contribution in [2.45, 2.75) is 25.8 Å². The summed E-state index contributed by atoms with van der Waals surface area (Å²) in [5, 5.41) is 0. The molecule has 1 aliphatic heterocycles. The Morgan fingerprint density at radius 2 is 2.05 bits per heavy atom. The maximum atomic E-state index is 4.66. The SMILES string of the molecule is CN=C1N=C(N(C)CCc2ccccc2)CC(C)N1C. The molecule has 1 unspecified atom stereocenters. The molecule has 0 spiro atoms. The second-order valence-corrected chi connectivity index (χ2v) is 5.37. The Labute approximate surface area is 121 Å². The highest BCUT2D eigenvalue weighted by atomic mass is 15.3. The van der Waals surface area contributed by atoms with E-state index < -0.39 is 0 Å². The van der Waals surface area contributed by atoms with Gasteiger partial charge in [0.25, 0.3) is 0 Å². The summed E-state index contributed by atoms with van der Waals surface area (Å²) in [4.78, 5) is 13.3. The van der Waals surface area contributed by atoms with Crippen LogP contribution in [-0.4, -0.2) is 55.3 Å². The van der Waals surface area contributed by atoms with E-state index in [4.69, 9.17) is 0 Å². The predicted molar refractivity (Wildman–Crippen MR) is 85.4 cm³/mol. The molecule has 1 heterocycles. The Morgan fingerprint density at radius 3 is 2.70 bits per heavy atom. The molecule has 108 valence electrons. The molecular formula is C16H24N4. The maximum absolute atomic E-state index is 4.66. The molecule has 0 radical (unpaired) electrons. The van der Waals surface area contributed by atoms with Gasteiger partial charge in [-0.1, -0.05) is 30.3 Å². The van der Waals surface area contributed by atoms with E-state index >= 15 is 0 Å². The summed E-state index contributed by atoms with van der Waals surface area (Å²) < 4.78 is 0. The maximum Gasteiger partial charge on any atom is 0.222 e. The molecule has 0 saturated heterocycles. The van der Waals surface area contributed by atoms with Crippen molar-refractivity contribution in [1.29, 1.82) is 0 Å². The summed E-state index contributed by atoms with van der Waals surface area (Å²) in [7, 11) is 5.97. The number of hydrogen-bond acceptors (Lipinski definition) is 2. The molecule has 1 aromatic rings. The second kappa shape index (κ2) is 6.55. The van der Waals surface area contributed by atoms with Gasteiger partial charge >= 0.3 is 0 Å². The van der Waals surface area contributed by atoms with E-state index in [0.717, 1.165) is 31.2 Å². The Balaban J connectivity index is 2.00. The van der Waals surface area contributed by atoms with Crippen molar-refractivity contribution in [3.05, 3.63) is 35.9 Å². The minimum atomic E-state index is 0.445. The topological polar surface area (TPSA) is 31.2 Å². The molecule has 1 aliphatic rings. The van der Waals surface area contributed by atoms with Crippen molar-refractivity contribution in [1.82, 2.24) is 9.80 Å².